The minimum absolute atomic E-state index is 0.00587. The van der Waals surface area contributed by atoms with Crippen molar-refractivity contribution in [3.05, 3.63) is 35.9 Å². The third-order valence-electron chi connectivity index (χ3n) is 7.06. The largest absolute Gasteiger partial charge is 0.453 e. The number of nitrogens with one attached hydrogen (secondary N) is 3. The molecule has 1 aromatic rings. The van der Waals surface area contributed by atoms with Gasteiger partial charge >= 0.3 is 12.1 Å². The summed E-state index contributed by atoms with van der Waals surface area (Å²) in [7, 11) is 3.27. The molecule has 3 N–H and O–H groups in total. The maximum absolute atomic E-state index is 13.3. The number of likely N-dealkylation sites (tertiary alicyclic amines) is 1. The van der Waals surface area contributed by atoms with Crippen LogP contribution in [0.3, 0.4) is 0 Å². The molecule has 2 saturated heterocycles. The third kappa shape index (κ3) is 9.26. The number of rotatable bonds is 11. The Labute approximate surface area is 215 Å². The summed E-state index contributed by atoms with van der Waals surface area (Å²) >= 11 is 0. The van der Waals surface area contributed by atoms with E-state index >= 15 is 0 Å². The van der Waals surface area contributed by atoms with Gasteiger partial charge in [-0.3, -0.25) is 0 Å². The molecule has 0 radical (unpaired) electrons. The van der Waals surface area contributed by atoms with E-state index in [-0.39, 0.29) is 24.1 Å². The number of amides is 3. The SMILES string of the molecule is CNCC(CC1CCCCOC1)NC(=O)N1CCCC(C(OCCNC(=O)OC)c2ccccc2)C1. The number of alkyl carbamates (subject to hydrolysis) is 1. The summed E-state index contributed by atoms with van der Waals surface area (Å²) < 4.78 is 16.7. The van der Waals surface area contributed by atoms with E-state index in [0.29, 0.717) is 25.6 Å². The Morgan fingerprint density at radius 1 is 1.17 bits per heavy atom. The smallest absolute Gasteiger partial charge is 0.406 e. The Bertz CT molecular complexity index is 773. The van der Waals surface area contributed by atoms with Crippen LogP contribution < -0.4 is 16.0 Å². The second-order valence-electron chi connectivity index (χ2n) is 9.85. The molecule has 0 aromatic heterocycles. The molecule has 2 fully saturated rings. The predicted molar refractivity (Wildman–Crippen MR) is 139 cm³/mol. The first-order valence-corrected chi connectivity index (χ1v) is 13.4. The fraction of sp³-hybridized carbons (Fsp3) is 0.704. The van der Waals surface area contributed by atoms with Gasteiger partial charge in [-0.15, -0.1) is 0 Å². The van der Waals surface area contributed by atoms with E-state index in [1.807, 2.05) is 30.1 Å². The molecule has 3 rings (SSSR count). The van der Waals surface area contributed by atoms with Crippen molar-refractivity contribution >= 4 is 12.1 Å². The van der Waals surface area contributed by atoms with Gasteiger partial charge in [0.05, 0.1) is 19.8 Å². The Hall–Kier alpha value is -2.36. The second-order valence-corrected chi connectivity index (χ2v) is 9.85. The van der Waals surface area contributed by atoms with Crippen molar-refractivity contribution in [1.82, 2.24) is 20.9 Å². The number of urea groups is 1. The third-order valence-corrected chi connectivity index (χ3v) is 7.06. The first-order valence-electron chi connectivity index (χ1n) is 13.4. The molecule has 0 saturated carbocycles. The fourth-order valence-corrected chi connectivity index (χ4v) is 5.26. The molecule has 2 aliphatic heterocycles. The van der Waals surface area contributed by atoms with Crippen molar-refractivity contribution in [2.24, 2.45) is 11.8 Å². The van der Waals surface area contributed by atoms with Crippen LogP contribution in [0.2, 0.25) is 0 Å². The van der Waals surface area contributed by atoms with Crippen LogP contribution in [-0.4, -0.2) is 83.2 Å². The molecule has 202 valence electrons. The Morgan fingerprint density at radius 2 is 2.00 bits per heavy atom. The quantitative estimate of drug-likeness (QED) is 0.400. The normalized spacial score (nSPS) is 22.2. The molecule has 9 nitrogen and oxygen atoms in total. The van der Waals surface area contributed by atoms with E-state index in [0.717, 1.165) is 64.0 Å². The zero-order chi connectivity index (χ0) is 25.6. The lowest BCUT2D eigenvalue weighted by Gasteiger charge is -2.38. The Morgan fingerprint density at radius 3 is 2.78 bits per heavy atom. The van der Waals surface area contributed by atoms with E-state index in [9.17, 15) is 9.59 Å². The number of benzene rings is 1. The first-order chi connectivity index (χ1) is 17.6. The lowest BCUT2D eigenvalue weighted by Crippen LogP contribution is -2.52. The first kappa shape index (κ1) is 28.2. The van der Waals surface area contributed by atoms with E-state index < -0.39 is 6.09 Å². The minimum Gasteiger partial charge on any atom is -0.453 e. The average Bonchev–Trinajstić information content (AvgIpc) is 3.18. The van der Waals surface area contributed by atoms with Crippen LogP contribution >= 0.6 is 0 Å². The van der Waals surface area contributed by atoms with Gasteiger partial charge in [0.25, 0.3) is 0 Å². The number of likely N-dealkylation sites (N-methyl/N-ethyl adjacent to an activating group) is 1. The molecule has 4 unspecified atom stereocenters. The number of methoxy groups -OCH3 is 1. The molecular formula is C27H44N4O5. The van der Waals surface area contributed by atoms with Crippen LogP contribution in [0.5, 0.6) is 0 Å². The fourth-order valence-electron chi connectivity index (χ4n) is 5.26. The maximum atomic E-state index is 13.3. The van der Waals surface area contributed by atoms with E-state index in [4.69, 9.17) is 9.47 Å². The number of nitrogens with zero attached hydrogens (tertiary/aromatic N) is 1. The van der Waals surface area contributed by atoms with Crippen LogP contribution in [0.4, 0.5) is 9.59 Å². The standard InChI is InChI=1S/C27H44N4O5/c1-28-18-24(17-21-9-6-7-15-35-20-21)30-26(32)31-14-8-12-23(19-31)25(22-10-4-3-5-11-22)36-16-13-29-27(33)34-2/h3-5,10-11,21,23-25,28H,6-9,12-20H2,1-2H3,(H,29,33)(H,30,32). The number of hydrogen-bond acceptors (Lipinski definition) is 6. The Balaban J connectivity index is 1.59. The van der Waals surface area contributed by atoms with Crippen LogP contribution in [0.1, 0.15) is 50.2 Å². The van der Waals surface area contributed by atoms with Gasteiger partial charge in [-0.2, -0.15) is 0 Å². The van der Waals surface area contributed by atoms with Crippen molar-refractivity contribution in [3.63, 3.8) is 0 Å². The van der Waals surface area contributed by atoms with Gasteiger partial charge in [0.15, 0.2) is 0 Å². The van der Waals surface area contributed by atoms with Crippen LogP contribution in [0, 0.1) is 11.8 Å². The second kappa shape index (κ2) is 15.7. The summed E-state index contributed by atoms with van der Waals surface area (Å²) in [6, 6.07) is 10.2. The molecule has 0 bridgehead atoms. The maximum Gasteiger partial charge on any atom is 0.406 e. The van der Waals surface area contributed by atoms with Crippen molar-refractivity contribution in [1.29, 1.82) is 0 Å². The summed E-state index contributed by atoms with van der Waals surface area (Å²) in [4.78, 5) is 26.6. The molecule has 0 spiro atoms. The molecule has 36 heavy (non-hydrogen) atoms. The number of carbonyl (C=O) groups excluding carboxylic acids is 2. The average molecular weight is 505 g/mol. The van der Waals surface area contributed by atoms with Crippen LogP contribution in [0.25, 0.3) is 0 Å². The lowest BCUT2D eigenvalue weighted by molar-refractivity contribution is -0.00867. The minimum atomic E-state index is -0.470. The molecule has 4 atom stereocenters. The number of ether oxygens (including phenoxy) is 3. The van der Waals surface area contributed by atoms with E-state index in [1.165, 1.54) is 13.5 Å². The van der Waals surface area contributed by atoms with Gasteiger partial charge in [0.2, 0.25) is 0 Å². The van der Waals surface area contributed by atoms with Crippen LogP contribution in [0.15, 0.2) is 30.3 Å². The zero-order valence-electron chi connectivity index (χ0n) is 21.9. The highest BCUT2D eigenvalue weighted by Gasteiger charge is 2.32. The molecule has 3 amide bonds. The summed E-state index contributed by atoms with van der Waals surface area (Å²) in [5.74, 6) is 0.651. The molecule has 9 heteroatoms. The van der Waals surface area contributed by atoms with Crippen LogP contribution in [-0.2, 0) is 14.2 Å². The molecule has 2 heterocycles. The highest BCUT2D eigenvalue weighted by Crippen LogP contribution is 2.33. The molecular weight excluding hydrogens is 460 g/mol. The number of piperidine rings is 1. The summed E-state index contributed by atoms with van der Waals surface area (Å²) in [5, 5.41) is 9.19. The van der Waals surface area contributed by atoms with Gasteiger partial charge in [0, 0.05) is 51.4 Å². The van der Waals surface area contributed by atoms with Gasteiger partial charge < -0.3 is 35.1 Å². The molecule has 1 aromatic carbocycles. The number of carbonyl (C=O) groups is 2. The van der Waals surface area contributed by atoms with Gasteiger partial charge in [-0.05, 0) is 50.6 Å². The van der Waals surface area contributed by atoms with E-state index in [2.05, 4.69) is 32.8 Å². The van der Waals surface area contributed by atoms with Crippen molar-refractivity contribution in [2.75, 3.05) is 60.2 Å². The van der Waals surface area contributed by atoms with Gasteiger partial charge in [-0.1, -0.05) is 36.8 Å². The highest BCUT2D eigenvalue weighted by molar-refractivity contribution is 5.74. The van der Waals surface area contributed by atoms with Crippen molar-refractivity contribution in [2.45, 2.75) is 50.7 Å². The van der Waals surface area contributed by atoms with Gasteiger partial charge in [-0.25, -0.2) is 9.59 Å². The predicted octanol–water partition coefficient (Wildman–Crippen LogP) is 3.32. The summed E-state index contributed by atoms with van der Waals surface area (Å²) in [5.41, 5.74) is 1.09. The highest BCUT2D eigenvalue weighted by atomic mass is 16.5. The molecule has 0 aliphatic carbocycles. The van der Waals surface area contributed by atoms with Crippen molar-refractivity contribution < 1.29 is 23.8 Å². The zero-order valence-corrected chi connectivity index (χ0v) is 21.9. The monoisotopic (exact) mass is 504 g/mol. The lowest BCUT2D eigenvalue weighted by atomic mass is 9.88. The topological polar surface area (TPSA) is 101 Å². The van der Waals surface area contributed by atoms with E-state index in [1.54, 1.807) is 0 Å². The van der Waals surface area contributed by atoms with Crippen molar-refractivity contribution in [3.8, 4) is 0 Å². The summed E-state index contributed by atoms with van der Waals surface area (Å²) in [6.07, 6.45) is 5.67. The number of hydrogen-bond donors (Lipinski definition) is 3. The van der Waals surface area contributed by atoms with Gasteiger partial charge in [0.1, 0.15) is 0 Å². The summed E-state index contributed by atoms with van der Waals surface area (Å²) in [6.45, 7) is 4.47. The Kier molecular flexibility index (Phi) is 12.3. The molecule has 2 aliphatic rings.